The van der Waals surface area contributed by atoms with Crippen molar-refractivity contribution in [1.82, 2.24) is 0 Å². The smallest absolute Gasteiger partial charge is 0.294 e. The normalized spacial score (nSPS) is 19.9. The highest BCUT2D eigenvalue weighted by Gasteiger charge is 2.67. The number of hydrogen-bond donors (Lipinski definition) is 0. The summed E-state index contributed by atoms with van der Waals surface area (Å²) in [7, 11) is 0. The lowest BCUT2D eigenvalue weighted by molar-refractivity contribution is -0.434. The molecule has 0 aliphatic carbocycles. The molecule has 0 saturated carbocycles. The molecule has 0 aromatic carbocycles. The summed E-state index contributed by atoms with van der Waals surface area (Å²) in [5, 5.41) is 0. The van der Waals surface area contributed by atoms with E-state index in [1.165, 1.54) is 0 Å². The Morgan fingerprint density at radius 3 is 1.05 bits per heavy atom. The van der Waals surface area contributed by atoms with Gasteiger partial charge in [0.15, 0.2) is 0 Å². The summed E-state index contributed by atoms with van der Waals surface area (Å²) in [5.74, 6) is -11.8. The van der Waals surface area contributed by atoms with E-state index in [0.717, 1.165) is 0 Å². The van der Waals surface area contributed by atoms with E-state index < -0.39 is 48.7 Å². The van der Waals surface area contributed by atoms with E-state index >= 15 is 0 Å². The molecular weight excluding hydrogens is 335 g/mol. The average Bonchev–Trinajstić information content (AvgIpc) is 2.14. The van der Waals surface area contributed by atoms with Gasteiger partial charge in [0.25, 0.3) is 0 Å². The number of ether oxygens (including phenoxy) is 1. The van der Waals surface area contributed by atoms with Crippen LogP contribution in [0.2, 0.25) is 0 Å². The molecule has 116 valence electrons. The van der Waals surface area contributed by atoms with Crippen molar-refractivity contribution in [3.8, 4) is 0 Å². The number of hydrogen-bond acceptors (Lipinski definition) is 1. The van der Waals surface area contributed by atoms with Crippen LogP contribution >= 0.6 is 23.2 Å². The van der Waals surface area contributed by atoms with Crippen LogP contribution in [0.15, 0.2) is 0 Å². The first-order chi connectivity index (χ1) is 8.33. The van der Waals surface area contributed by atoms with Gasteiger partial charge in [0.2, 0.25) is 0 Å². The molecule has 0 rings (SSSR count). The Morgan fingerprint density at radius 2 is 0.895 bits per heavy atom. The number of alkyl halides is 10. The van der Waals surface area contributed by atoms with Crippen LogP contribution in [0.25, 0.3) is 0 Å². The Hall–Kier alpha value is -0.0200. The summed E-state index contributed by atoms with van der Waals surface area (Å²) >= 11 is 9.72. The molecule has 19 heavy (non-hydrogen) atoms. The Bertz CT molecular complexity index is 265. The first-order valence-corrected chi connectivity index (χ1v) is 5.73. The molecule has 0 aliphatic rings. The topological polar surface area (TPSA) is 9.23 Å². The zero-order valence-electron chi connectivity index (χ0n) is 9.02. The zero-order chi connectivity index (χ0) is 15.5. The van der Waals surface area contributed by atoms with Crippen molar-refractivity contribution < 1.29 is 39.9 Å². The van der Waals surface area contributed by atoms with Gasteiger partial charge < -0.3 is 0 Å². The zero-order valence-corrected chi connectivity index (χ0v) is 10.5. The molecule has 0 saturated heterocycles. The third-order valence-corrected chi connectivity index (χ3v) is 2.38. The van der Waals surface area contributed by atoms with Crippen LogP contribution in [-0.2, 0) is 4.74 Å². The van der Waals surface area contributed by atoms with Gasteiger partial charge in [-0.25, -0.2) is 8.78 Å². The minimum absolute atomic E-state index is 1.02. The van der Waals surface area contributed by atoms with E-state index in [0.29, 0.717) is 0 Å². The van der Waals surface area contributed by atoms with Crippen molar-refractivity contribution in [2.24, 2.45) is 0 Å². The van der Waals surface area contributed by atoms with Crippen molar-refractivity contribution in [1.29, 1.82) is 0 Å². The summed E-state index contributed by atoms with van der Waals surface area (Å²) in [6.07, 6.45) is -15.1. The summed E-state index contributed by atoms with van der Waals surface area (Å²) in [5.41, 5.74) is 0. The van der Waals surface area contributed by atoms with Gasteiger partial charge in [-0.2, -0.15) is 26.3 Å². The molecule has 0 aliphatic heterocycles. The standard InChI is InChI=1S/C8H8Cl2F8O/c9-3-1-5(11,7(13,14)15)19-6(12,2-4-10)8(16,17)18/h1-4H2. The molecule has 0 aromatic rings. The van der Waals surface area contributed by atoms with E-state index in [-0.39, 0.29) is 0 Å². The summed E-state index contributed by atoms with van der Waals surface area (Å²) < 4.78 is 104. The Morgan fingerprint density at radius 1 is 0.632 bits per heavy atom. The highest BCUT2D eigenvalue weighted by atomic mass is 35.5. The second kappa shape index (κ2) is 6.17. The monoisotopic (exact) mass is 342 g/mol. The fraction of sp³-hybridized carbons (Fsp3) is 1.00. The van der Waals surface area contributed by atoms with Crippen LogP contribution in [-0.4, -0.2) is 35.8 Å². The third-order valence-electron chi connectivity index (χ3n) is 2.00. The molecule has 2 unspecified atom stereocenters. The summed E-state index contributed by atoms with van der Waals surface area (Å²) in [6.45, 7) is 0. The van der Waals surface area contributed by atoms with Crippen LogP contribution in [0.1, 0.15) is 12.8 Å². The lowest BCUT2D eigenvalue weighted by atomic mass is 10.1. The SMILES string of the molecule is FC(F)(F)C(F)(CCCl)OC(F)(CCCl)C(F)(F)F. The summed E-state index contributed by atoms with van der Waals surface area (Å²) in [6, 6.07) is 0. The van der Waals surface area contributed by atoms with Crippen molar-refractivity contribution in [3.63, 3.8) is 0 Å². The maximum atomic E-state index is 13.4. The van der Waals surface area contributed by atoms with Crippen molar-refractivity contribution in [3.05, 3.63) is 0 Å². The number of rotatable bonds is 6. The van der Waals surface area contributed by atoms with Gasteiger partial charge in [-0.3, -0.25) is 4.74 Å². The molecule has 11 heteroatoms. The first-order valence-electron chi connectivity index (χ1n) is 4.66. The van der Waals surface area contributed by atoms with Crippen LogP contribution in [0.3, 0.4) is 0 Å². The van der Waals surface area contributed by atoms with Crippen LogP contribution in [0.4, 0.5) is 35.1 Å². The van der Waals surface area contributed by atoms with Crippen molar-refractivity contribution in [2.75, 3.05) is 11.8 Å². The number of halogens is 10. The van der Waals surface area contributed by atoms with E-state index in [1.807, 2.05) is 0 Å². The maximum Gasteiger partial charge on any atom is 0.448 e. The highest BCUT2D eigenvalue weighted by molar-refractivity contribution is 6.18. The average molecular weight is 343 g/mol. The Labute approximate surface area is 112 Å². The molecule has 1 nitrogen and oxygen atoms in total. The Balaban J connectivity index is 5.41. The first kappa shape index (κ1) is 19.0. The second-order valence-electron chi connectivity index (χ2n) is 3.43. The van der Waals surface area contributed by atoms with Gasteiger partial charge in [-0.1, -0.05) is 0 Å². The largest absolute Gasteiger partial charge is 0.448 e. The van der Waals surface area contributed by atoms with Gasteiger partial charge in [0.05, 0.1) is 0 Å². The molecule has 0 heterocycles. The minimum Gasteiger partial charge on any atom is -0.294 e. The fourth-order valence-corrected chi connectivity index (χ4v) is 1.49. The third kappa shape index (κ3) is 4.49. The molecule has 0 radical (unpaired) electrons. The van der Waals surface area contributed by atoms with Gasteiger partial charge in [-0.15, -0.1) is 23.2 Å². The lowest BCUT2D eigenvalue weighted by Crippen LogP contribution is -2.55. The van der Waals surface area contributed by atoms with Crippen LogP contribution in [0, 0.1) is 0 Å². The summed E-state index contributed by atoms with van der Waals surface area (Å²) in [4.78, 5) is 0. The highest BCUT2D eigenvalue weighted by Crippen LogP contribution is 2.47. The van der Waals surface area contributed by atoms with Crippen LogP contribution < -0.4 is 0 Å². The van der Waals surface area contributed by atoms with Gasteiger partial charge in [-0.05, 0) is 0 Å². The van der Waals surface area contributed by atoms with E-state index in [2.05, 4.69) is 4.74 Å². The molecule has 0 aromatic heterocycles. The van der Waals surface area contributed by atoms with E-state index in [9.17, 15) is 35.1 Å². The van der Waals surface area contributed by atoms with Crippen molar-refractivity contribution >= 4 is 23.2 Å². The van der Waals surface area contributed by atoms with Crippen LogP contribution in [0.5, 0.6) is 0 Å². The second-order valence-corrected chi connectivity index (χ2v) is 4.19. The molecular formula is C8H8Cl2F8O. The quantitative estimate of drug-likeness (QED) is 0.501. The molecule has 2 atom stereocenters. The lowest BCUT2D eigenvalue weighted by Gasteiger charge is -2.35. The van der Waals surface area contributed by atoms with E-state index in [1.54, 1.807) is 0 Å². The minimum atomic E-state index is -5.88. The fourth-order valence-electron chi connectivity index (χ4n) is 1.00. The molecule has 0 bridgehead atoms. The van der Waals surface area contributed by atoms with E-state index in [4.69, 9.17) is 23.2 Å². The molecule has 0 N–H and O–H groups in total. The maximum absolute atomic E-state index is 13.4. The molecule has 0 fully saturated rings. The van der Waals surface area contributed by atoms with Crippen molar-refractivity contribution in [2.45, 2.75) is 36.9 Å². The Kier molecular flexibility index (Phi) is 6.17. The van der Waals surface area contributed by atoms with Gasteiger partial charge in [0, 0.05) is 24.6 Å². The van der Waals surface area contributed by atoms with Gasteiger partial charge >= 0.3 is 24.1 Å². The molecule has 0 spiro atoms. The predicted molar refractivity (Wildman–Crippen MR) is 51.5 cm³/mol. The van der Waals surface area contributed by atoms with Gasteiger partial charge in [0.1, 0.15) is 0 Å². The predicted octanol–water partition coefficient (Wildman–Crippen LogP) is 4.72. The molecule has 0 amide bonds.